The zero-order valence-corrected chi connectivity index (χ0v) is 11.2. The quantitative estimate of drug-likeness (QED) is 0.626. The standard InChI is InChI=1S/C14H9ClN2O3/c1-9-6-12(4-2-10(9)8-16)20-14-7-11(15)3-5-13(14)17(18)19/h2-7H,1H3. The van der Waals surface area contributed by atoms with Crippen molar-refractivity contribution in [3.8, 4) is 17.6 Å². The molecule has 0 aliphatic heterocycles. The molecule has 0 aliphatic carbocycles. The van der Waals surface area contributed by atoms with Crippen molar-refractivity contribution in [2.24, 2.45) is 0 Å². The average Bonchev–Trinajstić information content (AvgIpc) is 2.38. The largest absolute Gasteiger partial charge is 0.450 e. The van der Waals surface area contributed by atoms with E-state index in [0.717, 1.165) is 5.56 Å². The van der Waals surface area contributed by atoms with Crippen molar-refractivity contribution in [2.45, 2.75) is 6.92 Å². The van der Waals surface area contributed by atoms with Gasteiger partial charge in [-0.1, -0.05) is 11.6 Å². The molecule has 0 spiro atoms. The summed E-state index contributed by atoms with van der Waals surface area (Å²) in [6.45, 7) is 1.76. The molecule has 2 aromatic carbocycles. The molecule has 0 heterocycles. The number of halogens is 1. The molecule has 5 nitrogen and oxygen atoms in total. The topological polar surface area (TPSA) is 76.2 Å². The normalized spacial score (nSPS) is 9.85. The van der Waals surface area contributed by atoms with Gasteiger partial charge in [-0.3, -0.25) is 10.1 Å². The Morgan fingerprint density at radius 3 is 2.65 bits per heavy atom. The molecule has 0 saturated heterocycles. The van der Waals surface area contributed by atoms with E-state index in [0.29, 0.717) is 16.3 Å². The molecule has 0 unspecified atom stereocenters. The van der Waals surface area contributed by atoms with Crippen molar-refractivity contribution in [3.05, 3.63) is 62.7 Å². The molecule has 0 aromatic heterocycles. The summed E-state index contributed by atoms with van der Waals surface area (Å²) in [5, 5.41) is 20.1. The lowest BCUT2D eigenvalue weighted by Crippen LogP contribution is -1.94. The molecule has 100 valence electrons. The fourth-order valence-electron chi connectivity index (χ4n) is 1.67. The van der Waals surface area contributed by atoms with E-state index in [1.54, 1.807) is 25.1 Å². The third-order valence-electron chi connectivity index (χ3n) is 2.66. The molecule has 0 bridgehead atoms. The first-order valence-corrected chi connectivity index (χ1v) is 6.01. The Bertz CT molecular complexity index is 723. The smallest absolute Gasteiger partial charge is 0.311 e. The van der Waals surface area contributed by atoms with Crippen molar-refractivity contribution in [2.75, 3.05) is 0 Å². The molecule has 6 heteroatoms. The summed E-state index contributed by atoms with van der Waals surface area (Å²) in [6, 6.07) is 11.0. The number of aryl methyl sites for hydroxylation is 1. The zero-order valence-electron chi connectivity index (χ0n) is 10.5. The number of ether oxygens (including phenoxy) is 1. The van der Waals surface area contributed by atoms with Crippen molar-refractivity contribution < 1.29 is 9.66 Å². The number of nitro groups is 1. The van der Waals surface area contributed by atoms with Gasteiger partial charge in [0.1, 0.15) is 5.75 Å². The lowest BCUT2D eigenvalue weighted by molar-refractivity contribution is -0.385. The highest BCUT2D eigenvalue weighted by Gasteiger charge is 2.16. The second-order valence-electron chi connectivity index (χ2n) is 4.06. The molecule has 2 aromatic rings. The van der Waals surface area contributed by atoms with E-state index in [4.69, 9.17) is 21.6 Å². The van der Waals surface area contributed by atoms with Crippen LogP contribution in [-0.2, 0) is 0 Å². The molecule has 2 rings (SSSR count). The van der Waals surface area contributed by atoms with E-state index in [2.05, 4.69) is 0 Å². The maximum absolute atomic E-state index is 10.9. The lowest BCUT2D eigenvalue weighted by Gasteiger charge is -2.08. The molecule has 0 N–H and O–H groups in total. The highest BCUT2D eigenvalue weighted by molar-refractivity contribution is 6.30. The van der Waals surface area contributed by atoms with Crippen LogP contribution in [0.15, 0.2) is 36.4 Å². The number of hydrogen-bond donors (Lipinski definition) is 0. The van der Waals surface area contributed by atoms with Gasteiger partial charge in [-0.2, -0.15) is 5.26 Å². The van der Waals surface area contributed by atoms with Crippen molar-refractivity contribution in [1.29, 1.82) is 5.26 Å². The Morgan fingerprint density at radius 1 is 1.30 bits per heavy atom. The van der Waals surface area contributed by atoms with E-state index < -0.39 is 4.92 Å². The predicted octanol–water partition coefficient (Wildman–Crippen LogP) is 4.22. The maximum Gasteiger partial charge on any atom is 0.311 e. The number of nitrogens with zero attached hydrogens (tertiary/aromatic N) is 2. The van der Waals surface area contributed by atoms with Gasteiger partial charge in [0, 0.05) is 17.2 Å². The van der Waals surface area contributed by atoms with Gasteiger partial charge in [0.05, 0.1) is 16.6 Å². The van der Waals surface area contributed by atoms with Crippen molar-refractivity contribution >= 4 is 17.3 Å². The summed E-state index contributed by atoms with van der Waals surface area (Å²) in [7, 11) is 0. The van der Waals surface area contributed by atoms with Crippen LogP contribution in [0.4, 0.5) is 5.69 Å². The van der Waals surface area contributed by atoms with E-state index >= 15 is 0 Å². The number of nitro benzene ring substituents is 1. The van der Waals surface area contributed by atoms with Crippen LogP contribution < -0.4 is 4.74 Å². The van der Waals surface area contributed by atoms with E-state index in [9.17, 15) is 10.1 Å². The molecule has 0 fully saturated rings. The van der Waals surface area contributed by atoms with Gasteiger partial charge in [0.15, 0.2) is 0 Å². The fraction of sp³-hybridized carbons (Fsp3) is 0.0714. The fourth-order valence-corrected chi connectivity index (χ4v) is 1.83. The molecule has 0 atom stereocenters. The van der Waals surface area contributed by atoms with E-state index in [-0.39, 0.29) is 11.4 Å². The Hall–Kier alpha value is -2.58. The van der Waals surface area contributed by atoms with Crippen LogP contribution in [0.1, 0.15) is 11.1 Å². The number of benzene rings is 2. The van der Waals surface area contributed by atoms with Gasteiger partial charge in [-0.25, -0.2) is 0 Å². The summed E-state index contributed by atoms with van der Waals surface area (Å²) in [6.07, 6.45) is 0. The molecule has 0 amide bonds. The Morgan fingerprint density at radius 2 is 2.05 bits per heavy atom. The number of rotatable bonds is 3. The van der Waals surface area contributed by atoms with Crippen molar-refractivity contribution in [3.63, 3.8) is 0 Å². The van der Waals surface area contributed by atoms with Crippen LogP contribution >= 0.6 is 11.6 Å². The molecule has 0 radical (unpaired) electrons. The maximum atomic E-state index is 10.9. The van der Waals surface area contributed by atoms with Gasteiger partial charge in [-0.15, -0.1) is 0 Å². The lowest BCUT2D eigenvalue weighted by atomic mass is 10.1. The number of nitriles is 1. The van der Waals surface area contributed by atoms with Crippen LogP contribution in [0.25, 0.3) is 0 Å². The van der Waals surface area contributed by atoms with Gasteiger partial charge in [0.2, 0.25) is 5.75 Å². The van der Waals surface area contributed by atoms with Crippen molar-refractivity contribution in [1.82, 2.24) is 0 Å². The van der Waals surface area contributed by atoms with Crippen LogP contribution in [-0.4, -0.2) is 4.92 Å². The minimum absolute atomic E-state index is 0.0617. The summed E-state index contributed by atoms with van der Waals surface area (Å²) in [5.41, 5.74) is 1.09. The average molecular weight is 289 g/mol. The summed E-state index contributed by atoms with van der Waals surface area (Å²) in [4.78, 5) is 10.4. The summed E-state index contributed by atoms with van der Waals surface area (Å²) >= 11 is 5.82. The molecular weight excluding hydrogens is 280 g/mol. The predicted molar refractivity (Wildman–Crippen MR) is 74.1 cm³/mol. The van der Waals surface area contributed by atoms with Crippen LogP contribution in [0.2, 0.25) is 5.02 Å². The zero-order chi connectivity index (χ0) is 14.7. The third-order valence-corrected chi connectivity index (χ3v) is 2.90. The Labute approximate surface area is 120 Å². The van der Waals surface area contributed by atoms with Gasteiger partial charge < -0.3 is 4.74 Å². The summed E-state index contributed by atoms with van der Waals surface area (Å²) < 4.78 is 5.50. The second-order valence-corrected chi connectivity index (χ2v) is 4.50. The molecule has 0 aliphatic rings. The molecular formula is C14H9ClN2O3. The van der Waals surface area contributed by atoms with Crippen LogP contribution in [0.5, 0.6) is 11.5 Å². The van der Waals surface area contributed by atoms with Crippen LogP contribution in [0, 0.1) is 28.4 Å². The van der Waals surface area contributed by atoms with Gasteiger partial charge >= 0.3 is 5.69 Å². The Kier molecular flexibility index (Phi) is 3.87. The minimum Gasteiger partial charge on any atom is -0.450 e. The monoisotopic (exact) mass is 288 g/mol. The van der Waals surface area contributed by atoms with Gasteiger partial charge in [0.25, 0.3) is 0 Å². The number of hydrogen-bond acceptors (Lipinski definition) is 4. The first-order valence-electron chi connectivity index (χ1n) is 5.64. The van der Waals surface area contributed by atoms with Gasteiger partial charge in [-0.05, 0) is 36.8 Å². The molecule has 20 heavy (non-hydrogen) atoms. The summed E-state index contributed by atoms with van der Waals surface area (Å²) in [5.74, 6) is 0.471. The Balaban J connectivity index is 2.39. The molecule has 0 saturated carbocycles. The van der Waals surface area contributed by atoms with E-state index in [1.165, 1.54) is 18.2 Å². The second kappa shape index (κ2) is 5.59. The highest BCUT2D eigenvalue weighted by Crippen LogP contribution is 2.34. The first-order chi connectivity index (χ1) is 9.51. The minimum atomic E-state index is -0.540. The van der Waals surface area contributed by atoms with E-state index in [1.807, 2.05) is 6.07 Å². The highest BCUT2D eigenvalue weighted by atomic mass is 35.5. The SMILES string of the molecule is Cc1cc(Oc2cc(Cl)ccc2[N+](=O)[O-])ccc1C#N. The first kappa shape index (κ1) is 13.8. The third kappa shape index (κ3) is 2.87. The van der Waals surface area contributed by atoms with Crippen LogP contribution in [0.3, 0.4) is 0 Å².